The molecule has 8 heavy (non-hydrogen) atoms. The molecule has 0 aromatic carbocycles. The van der Waals surface area contributed by atoms with Crippen molar-refractivity contribution in [2.45, 2.75) is 0 Å². The van der Waals surface area contributed by atoms with Crippen molar-refractivity contribution in [1.82, 2.24) is 5.32 Å². The van der Waals surface area contributed by atoms with Crippen LogP contribution in [0.1, 0.15) is 0 Å². The number of rotatable bonds is 2. The molecule has 0 radical (unpaired) electrons. The van der Waals surface area contributed by atoms with Crippen LogP contribution in [0.4, 0.5) is 0 Å². The van der Waals surface area contributed by atoms with Crippen LogP contribution in [0.2, 0.25) is 0 Å². The number of hydrogen-bond acceptors (Lipinski definition) is 1. The molecular formula is C4H9BrN2S. The summed E-state index contributed by atoms with van der Waals surface area (Å²) < 4.78 is 0. The zero-order valence-corrected chi connectivity index (χ0v) is 6.91. The quantitative estimate of drug-likeness (QED) is 0.502. The molecule has 0 spiro atoms. The number of halogens is 1. The standard InChI is InChI=1S/C4H8N2S.BrH/c1-2-3-6-4(5)7;/h2H,1,3H2,(H3,5,6,7);1H. The van der Waals surface area contributed by atoms with Gasteiger partial charge in [-0.3, -0.25) is 0 Å². The molecule has 0 atom stereocenters. The van der Waals surface area contributed by atoms with Crippen LogP contribution in [0.3, 0.4) is 0 Å². The highest BCUT2D eigenvalue weighted by molar-refractivity contribution is 8.93. The first-order chi connectivity index (χ1) is 3.27. The first-order valence-corrected chi connectivity index (χ1v) is 2.32. The highest BCUT2D eigenvalue weighted by Crippen LogP contribution is 1.58. The van der Waals surface area contributed by atoms with Crippen molar-refractivity contribution in [2.24, 2.45) is 5.73 Å². The van der Waals surface area contributed by atoms with E-state index in [-0.39, 0.29) is 17.0 Å². The molecule has 0 aromatic rings. The zero-order valence-electron chi connectivity index (χ0n) is 4.39. The van der Waals surface area contributed by atoms with Crippen LogP contribution in [0, 0.1) is 0 Å². The summed E-state index contributed by atoms with van der Waals surface area (Å²) in [4.78, 5) is 0. The summed E-state index contributed by atoms with van der Waals surface area (Å²) in [6, 6.07) is 0. The van der Waals surface area contributed by atoms with Gasteiger partial charge in [-0.05, 0) is 12.2 Å². The van der Waals surface area contributed by atoms with Crippen molar-refractivity contribution < 1.29 is 0 Å². The van der Waals surface area contributed by atoms with Crippen LogP contribution < -0.4 is 11.1 Å². The minimum atomic E-state index is 0. The van der Waals surface area contributed by atoms with Crippen LogP contribution in [0.5, 0.6) is 0 Å². The zero-order chi connectivity index (χ0) is 5.70. The van der Waals surface area contributed by atoms with Crippen molar-refractivity contribution in [3.05, 3.63) is 12.7 Å². The van der Waals surface area contributed by atoms with Gasteiger partial charge in [0.25, 0.3) is 0 Å². The third kappa shape index (κ3) is 9.32. The van der Waals surface area contributed by atoms with Gasteiger partial charge in [0.05, 0.1) is 0 Å². The summed E-state index contributed by atoms with van der Waals surface area (Å²) >= 11 is 4.48. The lowest BCUT2D eigenvalue weighted by Crippen LogP contribution is -2.28. The second-order valence-electron chi connectivity index (χ2n) is 1.03. The molecule has 2 nitrogen and oxygen atoms in total. The Kier molecular flexibility index (Phi) is 9.34. The maximum atomic E-state index is 5.05. The van der Waals surface area contributed by atoms with Crippen molar-refractivity contribution in [3.63, 3.8) is 0 Å². The van der Waals surface area contributed by atoms with E-state index in [0.717, 1.165) is 0 Å². The molecule has 0 heterocycles. The summed E-state index contributed by atoms with van der Waals surface area (Å²) in [6.07, 6.45) is 1.69. The SMILES string of the molecule is Br.C=CCNC(N)=S. The van der Waals surface area contributed by atoms with Crippen LogP contribution in [0.15, 0.2) is 12.7 Å². The Morgan fingerprint density at radius 1 is 1.88 bits per heavy atom. The number of thiocarbonyl (C=S) groups is 1. The van der Waals surface area contributed by atoms with E-state index < -0.39 is 0 Å². The maximum Gasteiger partial charge on any atom is 0.163 e. The van der Waals surface area contributed by atoms with E-state index in [2.05, 4.69) is 24.1 Å². The van der Waals surface area contributed by atoms with Crippen molar-refractivity contribution in [2.75, 3.05) is 6.54 Å². The largest absolute Gasteiger partial charge is 0.376 e. The van der Waals surface area contributed by atoms with Gasteiger partial charge < -0.3 is 11.1 Å². The first kappa shape index (κ1) is 10.8. The van der Waals surface area contributed by atoms with Gasteiger partial charge in [-0.1, -0.05) is 6.08 Å². The second-order valence-corrected chi connectivity index (χ2v) is 1.47. The van der Waals surface area contributed by atoms with Gasteiger partial charge >= 0.3 is 0 Å². The Morgan fingerprint density at radius 2 is 2.38 bits per heavy atom. The minimum absolute atomic E-state index is 0. The molecule has 0 rings (SSSR count). The summed E-state index contributed by atoms with van der Waals surface area (Å²) in [7, 11) is 0. The van der Waals surface area contributed by atoms with Gasteiger partial charge in [0, 0.05) is 6.54 Å². The lowest BCUT2D eigenvalue weighted by molar-refractivity contribution is 1.05. The predicted octanol–water partition coefficient (Wildman–Crippen LogP) is 0.584. The molecule has 0 bridgehead atoms. The minimum Gasteiger partial charge on any atom is -0.376 e. The fourth-order valence-corrected chi connectivity index (χ4v) is 0.256. The molecule has 0 aromatic heterocycles. The second kappa shape index (κ2) is 6.91. The summed E-state index contributed by atoms with van der Waals surface area (Å²) in [6.45, 7) is 4.10. The Hall–Kier alpha value is -0.0900. The molecule has 0 unspecified atom stereocenters. The van der Waals surface area contributed by atoms with E-state index in [0.29, 0.717) is 11.7 Å². The number of nitrogens with one attached hydrogen (secondary N) is 1. The average molecular weight is 197 g/mol. The Labute approximate surface area is 64.9 Å². The highest BCUT2D eigenvalue weighted by Gasteiger charge is 1.76. The monoisotopic (exact) mass is 196 g/mol. The topological polar surface area (TPSA) is 38.0 Å². The van der Waals surface area contributed by atoms with Crippen molar-refractivity contribution >= 4 is 34.3 Å². The van der Waals surface area contributed by atoms with Crippen LogP contribution in [-0.2, 0) is 0 Å². The van der Waals surface area contributed by atoms with E-state index in [9.17, 15) is 0 Å². The summed E-state index contributed by atoms with van der Waals surface area (Å²) in [5.41, 5.74) is 5.05. The van der Waals surface area contributed by atoms with Crippen LogP contribution in [-0.4, -0.2) is 11.7 Å². The van der Waals surface area contributed by atoms with Crippen molar-refractivity contribution in [1.29, 1.82) is 0 Å². The average Bonchev–Trinajstić information content (AvgIpc) is 1.61. The van der Waals surface area contributed by atoms with E-state index in [1.54, 1.807) is 6.08 Å². The molecule has 3 N–H and O–H groups in total. The lowest BCUT2D eigenvalue weighted by Gasteiger charge is -1.94. The third-order valence-electron chi connectivity index (χ3n) is 0.421. The predicted molar refractivity (Wildman–Crippen MR) is 45.3 cm³/mol. The fraction of sp³-hybridized carbons (Fsp3) is 0.250. The molecule has 0 aliphatic heterocycles. The summed E-state index contributed by atoms with van der Waals surface area (Å²) in [5.74, 6) is 0. The molecular weight excluding hydrogens is 188 g/mol. The molecule has 4 heteroatoms. The first-order valence-electron chi connectivity index (χ1n) is 1.91. The molecule has 0 aliphatic rings. The van der Waals surface area contributed by atoms with E-state index in [1.807, 2.05) is 0 Å². The Bertz CT molecular complexity index is 84.1. The van der Waals surface area contributed by atoms with Crippen LogP contribution in [0.25, 0.3) is 0 Å². The molecule has 48 valence electrons. The fourth-order valence-electron chi connectivity index (χ4n) is 0.173. The Balaban J connectivity index is 0. The number of hydrogen-bond donors (Lipinski definition) is 2. The van der Waals surface area contributed by atoms with E-state index >= 15 is 0 Å². The summed E-state index contributed by atoms with van der Waals surface area (Å²) in [5, 5.41) is 3.01. The van der Waals surface area contributed by atoms with Gasteiger partial charge in [0.2, 0.25) is 0 Å². The molecule has 0 amide bonds. The van der Waals surface area contributed by atoms with Crippen molar-refractivity contribution in [3.8, 4) is 0 Å². The molecule has 0 fully saturated rings. The lowest BCUT2D eigenvalue weighted by atomic mass is 10.6. The smallest absolute Gasteiger partial charge is 0.163 e. The van der Waals surface area contributed by atoms with Gasteiger partial charge in [0.1, 0.15) is 0 Å². The van der Waals surface area contributed by atoms with Crippen LogP contribution >= 0.6 is 29.2 Å². The molecule has 0 aliphatic carbocycles. The van der Waals surface area contributed by atoms with E-state index in [4.69, 9.17) is 5.73 Å². The number of nitrogens with two attached hydrogens (primary N) is 1. The normalized spacial score (nSPS) is 6.50. The highest BCUT2D eigenvalue weighted by atomic mass is 79.9. The molecule has 0 saturated carbocycles. The van der Waals surface area contributed by atoms with Gasteiger partial charge in [-0.2, -0.15) is 0 Å². The van der Waals surface area contributed by atoms with Gasteiger partial charge in [-0.15, -0.1) is 23.6 Å². The van der Waals surface area contributed by atoms with Gasteiger partial charge in [0.15, 0.2) is 5.11 Å². The maximum absolute atomic E-state index is 5.05. The van der Waals surface area contributed by atoms with Gasteiger partial charge in [-0.25, -0.2) is 0 Å². The molecule has 0 saturated heterocycles. The third-order valence-corrected chi connectivity index (χ3v) is 0.565. The Morgan fingerprint density at radius 3 is 2.50 bits per heavy atom. The van der Waals surface area contributed by atoms with E-state index in [1.165, 1.54) is 0 Å².